The molecule has 0 saturated carbocycles. The lowest BCUT2D eigenvalue weighted by Gasteiger charge is -2.02. The van der Waals surface area contributed by atoms with Crippen molar-refractivity contribution < 1.29 is 4.79 Å². The third-order valence-corrected chi connectivity index (χ3v) is 4.74. The molecule has 4 heteroatoms. The first-order valence-corrected chi connectivity index (χ1v) is 8.38. The number of aromatic amines is 1. The smallest absolute Gasteiger partial charge is 0.175 e. The average Bonchev–Trinajstić information content (AvgIpc) is 3.03. The van der Waals surface area contributed by atoms with Crippen molar-refractivity contribution in [3.63, 3.8) is 0 Å². The maximum absolute atomic E-state index is 12.5. The van der Waals surface area contributed by atoms with Crippen LogP contribution in [0.1, 0.15) is 10.4 Å². The second-order valence-corrected chi connectivity index (χ2v) is 6.30. The Kier molecular flexibility index (Phi) is 3.60. The van der Waals surface area contributed by atoms with Gasteiger partial charge in [0.05, 0.1) is 16.3 Å². The van der Waals surface area contributed by atoms with Crippen LogP contribution in [0.2, 0.25) is 0 Å². The molecule has 2 aromatic heterocycles. The second-order valence-electron chi connectivity index (χ2n) is 5.30. The van der Waals surface area contributed by atoms with Crippen LogP contribution in [0.4, 0.5) is 0 Å². The minimum atomic E-state index is 0.113. The Hall–Kier alpha value is -2.59. The van der Waals surface area contributed by atoms with Crippen LogP contribution in [-0.4, -0.2) is 21.5 Å². The first kappa shape index (κ1) is 14.0. The number of hydrogen-bond donors (Lipinski definition) is 1. The molecular weight excluding hydrogens is 304 g/mol. The average molecular weight is 318 g/mol. The number of benzene rings is 2. The second kappa shape index (κ2) is 5.89. The molecule has 23 heavy (non-hydrogen) atoms. The van der Waals surface area contributed by atoms with Gasteiger partial charge in [0.25, 0.3) is 0 Å². The molecule has 2 heterocycles. The van der Waals surface area contributed by atoms with E-state index in [-0.39, 0.29) is 5.78 Å². The van der Waals surface area contributed by atoms with E-state index in [1.165, 1.54) is 11.8 Å². The van der Waals surface area contributed by atoms with E-state index in [1.807, 2.05) is 60.7 Å². The molecule has 0 unspecified atom stereocenters. The number of H-pyrrole nitrogens is 1. The van der Waals surface area contributed by atoms with Crippen LogP contribution in [-0.2, 0) is 0 Å². The van der Waals surface area contributed by atoms with Gasteiger partial charge in [-0.1, -0.05) is 54.2 Å². The summed E-state index contributed by atoms with van der Waals surface area (Å²) < 4.78 is 0. The van der Waals surface area contributed by atoms with Crippen LogP contribution in [0.25, 0.3) is 21.8 Å². The highest BCUT2D eigenvalue weighted by atomic mass is 32.2. The number of carbonyl (C=O) groups is 1. The van der Waals surface area contributed by atoms with Crippen LogP contribution in [0.3, 0.4) is 0 Å². The van der Waals surface area contributed by atoms with E-state index >= 15 is 0 Å². The molecule has 4 aromatic rings. The molecule has 0 radical (unpaired) electrons. The molecular formula is C19H14N2OS. The van der Waals surface area contributed by atoms with Crippen molar-refractivity contribution >= 4 is 39.4 Å². The number of aromatic nitrogens is 2. The summed E-state index contributed by atoms with van der Waals surface area (Å²) in [6, 6.07) is 19.9. The highest BCUT2D eigenvalue weighted by Crippen LogP contribution is 2.23. The van der Waals surface area contributed by atoms with Crippen LogP contribution in [0.5, 0.6) is 0 Å². The zero-order chi connectivity index (χ0) is 15.6. The van der Waals surface area contributed by atoms with E-state index in [0.29, 0.717) is 5.75 Å². The molecule has 0 aliphatic heterocycles. The molecule has 2 aromatic carbocycles. The number of thioether (sulfide) groups is 1. The zero-order valence-corrected chi connectivity index (χ0v) is 13.1. The Morgan fingerprint density at radius 2 is 1.83 bits per heavy atom. The van der Waals surface area contributed by atoms with E-state index in [9.17, 15) is 4.79 Å². The van der Waals surface area contributed by atoms with Crippen LogP contribution in [0, 0.1) is 0 Å². The molecule has 3 nitrogen and oxygen atoms in total. The molecule has 0 bridgehead atoms. The van der Waals surface area contributed by atoms with Crippen molar-refractivity contribution in [2.24, 2.45) is 0 Å². The third kappa shape index (κ3) is 2.73. The minimum absolute atomic E-state index is 0.113. The molecule has 0 amide bonds. The fraction of sp³-hybridized carbons (Fsp3) is 0.0526. The molecule has 0 saturated heterocycles. The van der Waals surface area contributed by atoms with Gasteiger partial charge in [-0.3, -0.25) is 4.79 Å². The topological polar surface area (TPSA) is 45.8 Å². The Balaban J connectivity index is 1.54. The normalized spacial score (nSPS) is 11.1. The summed E-state index contributed by atoms with van der Waals surface area (Å²) in [6.07, 6.45) is 1.79. The Morgan fingerprint density at radius 3 is 2.78 bits per heavy atom. The zero-order valence-electron chi connectivity index (χ0n) is 12.3. The lowest BCUT2D eigenvalue weighted by Crippen LogP contribution is -2.01. The van der Waals surface area contributed by atoms with Gasteiger partial charge in [-0.15, -0.1) is 0 Å². The Morgan fingerprint density at radius 1 is 1.00 bits per heavy atom. The van der Waals surface area contributed by atoms with Gasteiger partial charge in [0.2, 0.25) is 0 Å². The number of hydrogen-bond acceptors (Lipinski definition) is 3. The molecule has 1 N–H and O–H groups in total. The van der Waals surface area contributed by atoms with Crippen molar-refractivity contribution in [2.45, 2.75) is 5.03 Å². The van der Waals surface area contributed by atoms with Crippen molar-refractivity contribution in [2.75, 3.05) is 5.75 Å². The maximum Gasteiger partial charge on any atom is 0.175 e. The fourth-order valence-electron chi connectivity index (χ4n) is 2.65. The summed E-state index contributed by atoms with van der Waals surface area (Å²) in [4.78, 5) is 20.2. The van der Waals surface area contributed by atoms with Gasteiger partial charge in [-0.2, -0.15) is 0 Å². The van der Waals surface area contributed by atoms with E-state index in [4.69, 9.17) is 0 Å². The molecule has 112 valence electrons. The molecule has 4 rings (SSSR count). The van der Waals surface area contributed by atoms with Gasteiger partial charge in [-0.05, 0) is 18.2 Å². The number of nitrogens with zero attached hydrogens (tertiary/aromatic N) is 1. The summed E-state index contributed by atoms with van der Waals surface area (Å²) in [6.45, 7) is 0. The van der Waals surface area contributed by atoms with Gasteiger partial charge in [-0.25, -0.2) is 4.98 Å². The lowest BCUT2D eigenvalue weighted by atomic mass is 10.1. The quantitative estimate of drug-likeness (QED) is 0.438. The third-order valence-electron chi connectivity index (χ3n) is 3.81. The summed E-state index contributed by atoms with van der Waals surface area (Å²) >= 11 is 1.48. The number of pyridine rings is 1. The predicted octanol–water partition coefficient (Wildman–Crippen LogP) is 4.69. The summed E-state index contributed by atoms with van der Waals surface area (Å²) in [5, 5.41) is 2.96. The van der Waals surface area contributed by atoms with E-state index in [1.54, 1.807) is 6.20 Å². The molecule has 0 fully saturated rings. The predicted molar refractivity (Wildman–Crippen MR) is 95.1 cm³/mol. The number of fused-ring (bicyclic) bond motifs is 2. The first-order chi connectivity index (χ1) is 11.3. The number of carbonyl (C=O) groups excluding carboxylic acids is 1. The Bertz CT molecular complexity index is 1010. The number of rotatable bonds is 4. The van der Waals surface area contributed by atoms with Gasteiger partial charge in [0, 0.05) is 28.0 Å². The van der Waals surface area contributed by atoms with Gasteiger partial charge >= 0.3 is 0 Å². The summed E-state index contributed by atoms with van der Waals surface area (Å²) in [7, 11) is 0. The highest BCUT2D eigenvalue weighted by molar-refractivity contribution is 7.99. The van der Waals surface area contributed by atoms with Gasteiger partial charge < -0.3 is 4.98 Å². The molecule has 0 aliphatic carbocycles. The standard InChI is InChI=1S/C19H14N2OS/c22-18(15-11-20-17-8-4-2-6-14(15)17)12-23-19-10-9-13-5-1-3-7-16(13)21-19/h1-11,20H,12H2. The minimum Gasteiger partial charge on any atom is -0.360 e. The first-order valence-electron chi connectivity index (χ1n) is 7.39. The monoisotopic (exact) mass is 318 g/mol. The SMILES string of the molecule is O=C(CSc1ccc2ccccc2n1)c1c[nH]c2ccccc12. The number of para-hydroxylation sites is 2. The van der Waals surface area contributed by atoms with Crippen molar-refractivity contribution in [1.82, 2.24) is 9.97 Å². The maximum atomic E-state index is 12.5. The molecule has 0 aliphatic rings. The van der Waals surface area contributed by atoms with Crippen LogP contribution >= 0.6 is 11.8 Å². The lowest BCUT2D eigenvalue weighted by molar-refractivity contribution is 0.102. The molecule has 0 atom stereocenters. The summed E-state index contributed by atoms with van der Waals surface area (Å²) in [5.41, 5.74) is 2.69. The van der Waals surface area contributed by atoms with Crippen molar-refractivity contribution in [3.05, 3.63) is 72.4 Å². The van der Waals surface area contributed by atoms with E-state index in [0.717, 1.165) is 32.4 Å². The highest BCUT2D eigenvalue weighted by Gasteiger charge is 2.12. The van der Waals surface area contributed by atoms with E-state index < -0.39 is 0 Å². The summed E-state index contributed by atoms with van der Waals surface area (Å²) in [5.74, 6) is 0.495. The largest absolute Gasteiger partial charge is 0.360 e. The Labute approximate surface area is 137 Å². The van der Waals surface area contributed by atoms with Gasteiger partial charge in [0.15, 0.2) is 5.78 Å². The van der Waals surface area contributed by atoms with E-state index in [2.05, 4.69) is 9.97 Å². The molecule has 0 spiro atoms. The van der Waals surface area contributed by atoms with Crippen LogP contribution < -0.4 is 0 Å². The van der Waals surface area contributed by atoms with Gasteiger partial charge in [0.1, 0.15) is 0 Å². The number of nitrogens with one attached hydrogen (secondary N) is 1. The van der Waals surface area contributed by atoms with Crippen molar-refractivity contribution in [1.29, 1.82) is 0 Å². The number of ketones is 1. The fourth-order valence-corrected chi connectivity index (χ4v) is 3.41. The number of Topliss-reactive ketones (excluding diaryl/α,β-unsaturated/α-hetero) is 1. The van der Waals surface area contributed by atoms with Crippen LogP contribution in [0.15, 0.2) is 71.9 Å². The van der Waals surface area contributed by atoms with Crippen molar-refractivity contribution in [3.8, 4) is 0 Å².